The van der Waals surface area contributed by atoms with Crippen molar-refractivity contribution in [3.63, 3.8) is 0 Å². The maximum Gasteiger partial charge on any atom is 0.148 e. The molecule has 16 heavy (non-hydrogen) atoms. The molecular formula is C11H11BrFN3. The van der Waals surface area contributed by atoms with Gasteiger partial charge in [-0.2, -0.15) is 5.10 Å². The van der Waals surface area contributed by atoms with Crippen LogP contribution in [0.1, 0.15) is 11.1 Å². The van der Waals surface area contributed by atoms with Crippen LogP contribution in [0.5, 0.6) is 0 Å². The van der Waals surface area contributed by atoms with E-state index in [9.17, 15) is 4.39 Å². The van der Waals surface area contributed by atoms with E-state index in [2.05, 4.69) is 21.0 Å². The highest BCUT2D eigenvalue weighted by Gasteiger charge is 2.05. The third-order valence-corrected chi connectivity index (χ3v) is 3.10. The fraction of sp³-hybridized carbons (Fsp3) is 0.182. The summed E-state index contributed by atoms with van der Waals surface area (Å²) >= 11 is 3.37. The van der Waals surface area contributed by atoms with Gasteiger partial charge in [0.05, 0.1) is 6.54 Å². The van der Waals surface area contributed by atoms with E-state index >= 15 is 0 Å². The number of hydrogen-bond acceptors (Lipinski definition) is 2. The van der Waals surface area contributed by atoms with Gasteiger partial charge in [0.25, 0.3) is 0 Å². The van der Waals surface area contributed by atoms with E-state index < -0.39 is 0 Å². The lowest BCUT2D eigenvalue weighted by atomic mass is 10.2. The number of aromatic nitrogens is 2. The van der Waals surface area contributed by atoms with Crippen molar-refractivity contribution in [3.05, 3.63) is 45.8 Å². The van der Waals surface area contributed by atoms with Crippen LogP contribution in [0.4, 0.5) is 10.2 Å². The van der Waals surface area contributed by atoms with E-state index in [1.165, 1.54) is 12.1 Å². The van der Waals surface area contributed by atoms with Crippen LogP contribution in [0.15, 0.2) is 28.9 Å². The molecule has 84 valence electrons. The molecule has 0 amide bonds. The molecule has 0 fully saturated rings. The van der Waals surface area contributed by atoms with Gasteiger partial charge in [0.15, 0.2) is 0 Å². The normalized spacial score (nSPS) is 10.7. The van der Waals surface area contributed by atoms with Crippen LogP contribution in [0, 0.1) is 12.7 Å². The van der Waals surface area contributed by atoms with Crippen LogP contribution in [0.2, 0.25) is 0 Å². The first kappa shape index (κ1) is 11.1. The van der Waals surface area contributed by atoms with Gasteiger partial charge in [-0.05, 0) is 30.7 Å². The van der Waals surface area contributed by atoms with Crippen molar-refractivity contribution in [2.24, 2.45) is 0 Å². The molecule has 2 rings (SSSR count). The van der Waals surface area contributed by atoms with Gasteiger partial charge in [-0.15, -0.1) is 0 Å². The van der Waals surface area contributed by atoms with Crippen molar-refractivity contribution in [2.45, 2.75) is 13.5 Å². The molecular weight excluding hydrogens is 273 g/mol. The molecule has 1 aromatic heterocycles. The van der Waals surface area contributed by atoms with Gasteiger partial charge in [0.2, 0.25) is 0 Å². The molecule has 0 saturated carbocycles. The number of hydrogen-bond donors (Lipinski definition) is 1. The minimum absolute atomic E-state index is 0.255. The Labute approximate surface area is 101 Å². The van der Waals surface area contributed by atoms with Gasteiger partial charge in [-0.1, -0.05) is 15.9 Å². The minimum Gasteiger partial charge on any atom is -0.382 e. The molecule has 2 aromatic rings. The van der Waals surface area contributed by atoms with Gasteiger partial charge in [-0.3, -0.25) is 4.68 Å². The first-order chi connectivity index (χ1) is 7.56. The number of benzene rings is 1. The lowest BCUT2D eigenvalue weighted by Gasteiger charge is -2.04. The fourth-order valence-electron chi connectivity index (χ4n) is 1.46. The first-order valence-corrected chi connectivity index (χ1v) is 5.59. The highest BCUT2D eigenvalue weighted by molar-refractivity contribution is 9.10. The number of aryl methyl sites for hydroxylation is 1. The number of anilines is 1. The molecule has 0 saturated heterocycles. The Hall–Kier alpha value is -1.36. The summed E-state index contributed by atoms with van der Waals surface area (Å²) < 4.78 is 15.6. The minimum atomic E-state index is -0.255. The lowest BCUT2D eigenvalue weighted by Crippen LogP contribution is -2.02. The largest absolute Gasteiger partial charge is 0.382 e. The van der Waals surface area contributed by atoms with Gasteiger partial charge in [-0.25, -0.2) is 4.39 Å². The molecule has 0 bridgehead atoms. The lowest BCUT2D eigenvalue weighted by molar-refractivity contribution is 0.618. The summed E-state index contributed by atoms with van der Waals surface area (Å²) in [4.78, 5) is 0. The standard InChI is InChI=1S/C11H11BrFN3/c1-7-5-16(15-11(7)14)6-8-4-9(13)2-3-10(8)12/h2-5H,6H2,1H3,(H2,14,15). The SMILES string of the molecule is Cc1cn(Cc2cc(F)ccc2Br)nc1N. The summed E-state index contributed by atoms with van der Waals surface area (Å²) in [5.41, 5.74) is 7.40. The average molecular weight is 284 g/mol. The van der Waals surface area contributed by atoms with Crippen LogP contribution < -0.4 is 5.73 Å². The van der Waals surface area contributed by atoms with Gasteiger partial charge in [0, 0.05) is 16.2 Å². The Morgan fingerprint density at radius 1 is 1.50 bits per heavy atom. The summed E-state index contributed by atoms with van der Waals surface area (Å²) in [7, 11) is 0. The second kappa shape index (κ2) is 4.25. The van der Waals surface area contributed by atoms with Crippen LogP contribution in [0.25, 0.3) is 0 Å². The zero-order valence-corrected chi connectivity index (χ0v) is 10.3. The second-order valence-corrected chi connectivity index (χ2v) is 4.49. The van der Waals surface area contributed by atoms with E-state index in [1.807, 2.05) is 13.1 Å². The quantitative estimate of drug-likeness (QED) is 0.921. The van der Waals surface area contributed by atoms with Gasteiger partial charge in [0.1, 0.15) is 11.6 Å². The Bertz CT molecular complexity index is 502. The molecule has 5 heteroatoms. The maximum absolute atomic E-state index is 13.1. The van der Waals surface area contributed by atoms with E-state index in [0.717, 1.165) is 15.6 Å². The van der Waals surface area contributed by atoms with Crippen LogP contribution in [-0.4, -0.2) is 9.78 Å². The van der Waals surface area contributed by atoms with Crippen molar-refractivity contribution in [1.82, 2.24) is 9.78 Å². The molecule has 1 heterocycles. The van der Waals surface area contributed by atoms with E-state index in [-0.39, 0.29) is 5.82 Å². The van der Waals surface area contributed by atoms with Crippen molar-refractivity contribution in [1.29, 1.82) is 0 Å². The molecule has 0 unspecified atom stereocenters. The summed E-state index contributed by atoms with van der Waals surface area (Å²) in [6.07, 6.45) is 1.84. The van der Waals surface area contributed by atoms with E-state index in [1.54, 1.807) is 10.7 Å². The molecule has 2 N–H and O–H groups in total. The molecule has 3 nitrogen and oxygen atoms in total. The molecule has 0 spiro atoms. The van der Waals surface area contributed by atoms with Crippen molar-refractivity contribution in [2.75, 3.05) is 5.73 Å². The Kier molecular flexibility index (Phi) is 2.96. The van der Waals surface area contributed by atoms with Crippen LogP contribution in [0.3, 0.4) is 0 Å². The third kappa shape index (κ3) is 2.24. The van der Waals surface area contributed by atoms with Crippen molar-refractivity contribution < 1.29 is 4.39 Å². The van der Waals surface area contributed by atoms with Crippen molar-refractivity contribution >= 4 is 21.7 Å². The average Bonchev–Trinajstić information content (AvgIpc) is 2.52. The summed E-state index contributed by atoms with van der Waals surface area (Å²) in [6.45, 7) is 2.38. The predicted octanol–water partition coefficient (Wildman–Crippen LogP) is 2.72. The molecule has 0 aliphatic carbocycles. The molecule has 0 atom stereocenters. The Balaban J connectivity index is 2.29. The molecule has 0 aliphatic heterocycles. The number of halogens is 2. The second-order valence-electron chi connectivity index (χ2n) is 3.63. The Morgan fingerprint density at radius 3 is 2.88 bits per heavy atom. The van der Waals surface area contributed by atoms with Gasteiger partial charge >= 0.3 is 0 Å². The maximum atomic E-state index is 13.1. The number of nitrogens with zero attached hydrogens (tertiary/aromatic N) is 2. The molecule has 1 aromatic carbocycles. The molecule has 0 radical (unpaired) electrons. The topological polar surface area (TPSA) is 43.8 Å². The monoisotopic (exact) mass is 283 g/mol. The predicted molar refractivity (Wildman–Crippen MR) is 64.6 cm³/mol. The summed E-state index contributed by atoms with van der Waals surface area (Å²) in [5, 5.41) is 4.13. The fourth-order valence-corrected chi connectivity index (χ4v) is 1.83. The van der Waals surface area contributed by atoms with Gasteiger partial charge < -0.3 is 5.73 Å². The van der Waals surface area contributed by atoms with E-state index in [0.29, 0.717) is 12.4 Å². The zero-order valence-electron chi connectivity index (χ0n) is 8.74. The van der Waals surface area contributed by atoms with E-state index in [4.69, 9.17) is 5.73 Å². The highest BCUT2D eigenvalue weighted by atomic mass is 79.9. The number of nitrogens with two attached hydrogens (primary N) is 1. The zero-order chi connectivity index (χ0) is 11.7. The summed E-state index contributed by atoms with van der Waals surface area (Å²) in [6, 6.07) is 4.58. The third-order valence-electron chi connectivity index (χ3n) is 2.32. The number of rotatable bonds is 2. The molecule has 0 aliphatic rings. The Morgan fingerprint density at radius 2 is 2.25 bits per heavy atom. The van der Waals surface area contributed by atoms with Crippen LogP contribution in [-0.2, 0) is 6.54 Å². The first-order valence-electron chi connectivity index (χ1n) is 4.79. The highest BCUT2D eigenvalue weighted by Crippen LogP contribution is 2.19. The number of nitrogen functional groups attached to an aromatic ring is 1. The van der Waals surface area contributed by atoms with Crippen molar-refractivity contribution in [3.8, 4) is 0 Å². The smallest absolute Gasteiger partial charge is 0.148 e. The van der Waals surface area contributed by atoms with Crippen LogP contribution >= 0.6 is 15.9 Å². The summed E-state index contributed by atoms with van der Waals surface area (Å²) in [5.74, 6) is 0.252.